The summed E-state index contributed by atoms with van der Waals surface area (Å²) in [6.07, 6.45) is 4.44. The molecule has 1 aliphatic carbocycles. The van der Waals surface area contributed by atoms with Crippen LogP contribution in [-0.2, 0) is 5.88 Å². The van der Waals surface area contributed by atoms with Crippen LogP contribution in [0.2, 0.25) is 0 Å². The average Bonchev–Trinajstić information content (AvgIpc) is 3.08. The van der Waals surface area contributed by atoms with Crippen LogP contribution in [0.25, 0.3) is 5.69 Å². The maximum Gasteiger partial charge on any atom is 0.0651 e. The Balaban J connectivity index is 2.11. The Bertz CT molecular complexity index is 541. The van der Waals surface area contributed by atoms with E-state index in [-0.39, 0.29) is 0 Å². The van der Waals surface area contributed by atoms with Gasteiger partial charge in [-0.1, -0.05) is 12.1 Å². The van der Waals surface area contributed by atoms with Gasteiger partial charge in [-0.05, 0) is 37.5 Å². The minimum atomic E-state index is 0.553. The van der Waals surface area contributed by atoms with Gasteiger partial charge in [0.25, 0.3) is 0 Å². The summed E-state index contributed by atoms with van der Waals surface area (Å²) in [7, 11) is 0. The molecule has 1 fully saturated rings. The molecule has 3 rings (SSSR count). The number of benzene rings is 1. The highest BCUT2D eigenvalue weighted by Crippen LogP contribution is 2.42. The number of alkyl halides is 1. The van der Waals surface area contributed by atoms with Gasteiger partial charge in [-0.15, -0.1) is 11.6 Å². The molecule has 17 heavy (non-hydrogen) atoms. The van der Waals surface area contributed by atoms with Gasteiger partial charge in [-0.3, -0.25) is 0 Å². The van der Waals surface area contributed by atoms with Gasteiger partial charge in [-0.25, -0.2) is 4.68 Å². The van der Waals surface area contributed by atoms with E-state index in [0.29, 0.717) is 11.8 Å². The average molecular weight is 247 g/mol. The van der Waals surface area contributed by atoms with Gasteiger partial charge in [0.2, 0.25) is 0 Å². The minimum Gasteiger partial charge on any atom is -0.237 e. The van der Waals surface area contributed by atoms with E-state index in [1.54, 1.807) is 0 Å². The molecule has 0 aliphatic heterocycles. The molecule has 0 spiro atoms. The molecule has 0 saturated heterocycles. The maximum absolute atomic E-state index is 5.98. The van der Waals surface area contributed by atoms with E-state index in [4.69, 9.17) is 11.6 Å². The van der Waals surface area contributed by atoms with Gasteiger partial charge in [0.15, 0.2) is 0 Å². The lowest BCUT2D eigenvalue weighted by Gasteiger charge is -2.08. The Hall–Kier alpha value is -1.28. The predicted octanol–water partition coefficient (Wildman–Crippen LogP) is 3.80. The highest BCUT2D eigenvalue weighted by atomic mass is 35.5. The van der Waals surface area contributed by atoms with Crippen molar-refractivity contribution in [1.29, 1.82) is 0 Å². The molecule has 2 nitrogen and oxygen atoms in total. The molecule has 1 aromatic carbocycles. The van der Waals surface area contributed by atoms with Crippen LogP contribution in [0.4, 0.5) is 0 Å². The number of halogens is 1. The van der Waals surface area contributed by atoms with Crippen molar-refractivity contribution in [2.45, 2.75) is 31.6 Å². The third-order valence-corrected chi connectivity index (χ3v) is 3.53. The molecule has 1 saturated carbocycles. The fraction of sp³-hybridized carbons (Fsp3) is 0.357. The van der Waals surface area contributed by atoms with E-state index in [1.807, 2.05) is 6.20 Å². The van der Waals surface area contributed by atoms with Gasteiger partial charge < -0.3 is 0 Å². The number of hydrogen-bond donors (Lipinski definition) is 0. The van der Waals surface area contributed by atoms with Crippen molar-refractivity contribution in [1.82, 2.24) is 9.78 Å². The van der Waals surface area contributed by atoms with E-state index in [1.165, 1.54) is 29.7 Å². The quantitative estimate of drug-likeness (QED) is 0.754. The molecule has 88 valence electrons. The van der Waals surface area contributed by atoms with Gasteiger partial charge in [-0.2, -0.15) is 5.10 Å². The van der Waals surface area contributed by atoms with Crippen molar-refractivity contribution in [2.75, 3.05) is 0 Å². The largest absolute Gasteiger partial charge is 0.237 e. The van der Waals surface area contributed by atoms with Crippen LogP contribution in [0, 0.1) is 6.92 Å². The van der Waals surface area contributed by atoms with Gasteiger partial charge >= 0.3 is 0 Å². The minimum absolute atomic E-state index is 0.553. The van der Waals surface area contributed by atoms with Crippen molar-refractivity contribution in [3.63, 3.8) is 0 Å². The molecule has 3 heteroatoms. The van der Waals surface area contributed by atoms with E-state index in [9.17, 15) is 0 Å². The topological polar surface area (TPSA) is 17.8 Å². The van der Waals surface area contributed by atoms with Crippen molar-refractivity contribution in [3.05, 3.63) is 47.3 Å². The normalized spacial score (nSPS) is 15.2. The predicted molar refractivity (Wildman–Crippen MR) is 69.8 cm³/mol. The third-order valence-electron chi connectivity index (χ3n) is 3.24. The summed E-state index contributed by atoms with van der Waals surface area (Å²) >= 11 is 5.98. The zero-order valence-corrected chi connectivity index (χ0v) is 10.6. The zero-order chi connectivity index (χ0) is 11.8. The molecule has 0 unspecified atom stereocenters. The lowest BCUT2D eigenvalue weighted by molar-refractivity contribution is 0.804. The first-order valence-corrected chi connectivity index (χ1v) is 6.53. The smallest absolute Gasteiger partial charge is 0.0651 e. The van der Waals surface area contributed by atoms with Crippen LogP contribution in [0.15, 0.2) is 30.5 Å². The molecule has 0 radical (unpaired) electrons. The summed E-state index contributed by atoms with van der Waals surface area (Å²) in [5.74, 6) is 1.21. The Kier molecular flexibility index (Phi) is 2.67. The summed E-state index contributed by atoms with van der Waals surface area (Å²) in [5, 5.41) is 4.49. The highest BCUT2D eigenvalue weighted by molar-refractivity contribution is 6.17. The molecular weight excluding hydrogens is 232 g/mol. The van der Waals surface area contributed by atoms with Crippen LogP contribution >= 0.6 is 11.6 Å². The van der Waals surface area contributed by atoms with Crippen LogP contribution in [0.3, 0.4) is 0 Å². The Labute approximate surface area is 106 Å². The second kappa shape index (κ2) is 4.19. The van der Waals surface area contributed by atoms with Crippen molar-refractivity contribution < 1.29 is 0 Å². The number of aromatic nitrogens is 2. The summed E-state index contributed by atoms with van der Waals surface area (Å²) in [6.45, 7) is 2.10. The third kappa shape index (κ3) is 1.98. The standard InChI is InChI=1S/C14H15ClN2/c1-10-3-2-4-13(7-10)17-14(11-5-6-11)12(8-15)9-16-17/h2-4,7,9,11H,5-6,8H2,1H3. The lowest BCUT2D eigenvalue weighted by Crippen LogP contribution is -2.02. The number of hydrogen-bond acceptors (Lipinski definition) is 1. The first-order chi connectivity index (χ1) is 8.29. The summed E-state index contributed by atoms with van der Waals surface area (Å²) < 4.78 is 2.06. The molecule has 1 aromatic heterocycles. The van der Waals surface area contributed by atoms with Gasteiger partial charge in [0.1, 0.15) is 0 Å². The van der Waals surface area contributed by atoms with Gasteiger partial charge in [0.05, 0.1) is 23.5 Å². The fourth-order valence-corrected chi connectivity index (χ4v) is 2.46. The molecule has 0 atom stereocenters. The summed E-state index contributed by atoms with van der Waals surface area (Å²) in [5.41, 5.74) is 4.89. The Morgan fingerprint density at radius 3 is 2.88 bits per heavy atom. The van der Waals surface area contributed by atoms with Crippen molar-refractivity contribution in [3.8, 4) is 5.69 Å². The van der Waals surface area contributed by atoms with Crippen LogP contribution in [0.5, 0.6) is 0 Å². The fourth-order valence-electron chi connectivity index (χ4n) is 2.25. The highest BCUT2D eigenvalue weighted by Gasteiger charge is 2.30. The molecule has 1 aliphatic rings. The second-order valence-electron chi connectivity index (χ2n) is 4.71. The lowest BCUT2D eigenvalue weighted by atomic mass is 10.1. The first kappa shape index (κ1) is 10.8. The van der Waals surface area contributed by atoms with Crippen LogP contribution in [-0.4, -0.2) is 9.78 Å². The number of aryl methyl sites for hydroxylation is 1. The molecular formula is C14H15ClN2. The number of rotatable bonds is 3. The summed E-state index contributed by atoms with van der Waals surface area (Å²) in [6, 6.07) is 8.44. The maximum atomic E-state index is 5.98. The van der Waals surface area contributed by atoms with Crippen molar-refractivity contribution in [2.24, 2.45) is 0 Å². The second-order valence-corrected chi connectivity index (χ2v) is 4.98. The Morgan fingerprint density at radius 1 is 1.41 bits per heavy atom. The van der Waals surface area contributed by atoms with Crippen LogP contribution < -0.4 is 0 Å². The SMILES string of the molecule is Cc1cccc(-n2ncc(CCl)c2C2CC2)c1. The number of nitrogens with zero attached hydrogens (tertiary/aromatic N) is 2. The molecule has 2 aromatic rings. The molecule has 1 heterocycles. The van der Waals surface area contributed by atoms with Crippen molar-refractivity contribution >= 4 is 11.6 Å². The monoisotopic (exact) mass is 246 g/mol. The zero-order valence-electron chi connectivity index (χ0n) is 9.86. The molecule has 0 bridgehead atoms. The molecule has 0 amide bonds. The van der Waals surface area contributed by atoms with Crippen LogP contribution in [0.1, 0.15) is 35.6 Å². The Morgan fingerprint density at radius 2 is 2.24 bits per heavy atom. The summed E-state index contributed by atoms with van der Waals surface area (Å²) in [4.78, 5) is 0. The van der Waals surface area contributed by atoms with E-state index < -0.39 is 0 Å². The first-order valence-electron chi connectivity index (χ1n) is 5.99. The van der Waals surface area contributed by atoms with E-state index >= 15 is 0 Å². The van der Waals surface area contributed by atoms with Gasteiger partial charge in [0, 0.05) is 11.5 Å². The van der Waals surface area contributed by atoms with E-state index in [2.05, 4.69) is 41.0 Å². The van der Waals surface area contributed by atoms with E-state index in [0.717, 1.165) is 5.69 Å². The molecule has 0 N–H and O–H groups in total.